The Kier molecular flexibility index (Phi) is 1.45. The molecule has 0 spiro atoms. The number of hydroxylamine groups is 1. The Morgan fingerprint density at radius 1 is 1.67 bits per heavy atom. The number of hydrogen-bond acceptors (Lipinski definition) is 3. The molecule has 1 N–H and O–H groups in total. The molecule has 0 saturated heterocycles. The molecule has 1 aliphatic rings. The molecule has 0 radical (unpaired) electrons. The van der Waals surface area contributed by atoms with Gasteiger partial charge in [-0.05, 0) is 13.8 Å². The molecule has 9 heavy (non-hydrogen) atoms. The van der Waals surface area contributed by atoms with Gasteiger partial charge in [0.1, 0.15) is 5.66 Å². The Hall–Kier alpha value is -0.570. The average molecular weight is 128 g/mol. The van der Waals surface area contributed by atoms with Gasteiger partial charge in [-0.2, -0.15) is 0 Å². The summed E-state index contributed by atoms with van der Waals surface area (Å²) < 4.78 is 0. The second-order valence-electron chi connectivity index (χ2n) is 2.62. The summed E-state index contributed by atoms with van der Waals surface area (Å²) in [6, 6.07) is 0. The number of rotatable bonds is 1. The second-order valence-corrected chi connectivity index (χ2v) is 2.62. The third-order valence-electron chi connectivity index (χ3n) is 1.13. The van der Waals surface area contributed by atoms with Gasteiger partial charge >= 0.3 is 0 Å². The van der Waals surface area contributed by atoms with Crippen molar-refractivity contribution in [3.63, 3.8) is 0 Å². The number of nitrogens with zero attached hydrogens (tertiary/aromatic N) is 1. The molecule has 0 unspecified atom stereocenters. The van der Waals surface area contributed by atoms with Crippen molar-refractivity contribution in [2.24, 2.45) is 4.99 Å². The summed E-state index contributed by atoms with van der Waals surface area (Å²) in [5, 5.41) is 0. The van der Waals surface area contributed by atoms with Gasteiger partial charge < -0.3 is 4.84 Å². The molecule has 52 valence electrons. The van der Waals surface area contributed by atoms with Crippen LogP contribution < -0.4 is 5.48 Å². The zero-order valence-corrected chi connectivity index (χ0v) is 6.06. The molecule has 0 fully saturated rings. The fraction of sp³-hybridized carbons (Fsp3) is 0.833. The molecular formula is C6H12N2O. The molecule has 1 rings (SSSR count). The monoisotopic (exact) mass is 128 g/mol. The van der Waals surface area contributed by atoms with E-state index < -0.39 is 0 Å². The van der Waals surface area contributed by atoms with Gasteiger partial charge in [0, 0.05) is 6.42 Å². The quantitative estimate of drug-likeness (QED) is 0.573. The van der Waals surface area contributed by atoms with E-state index in [2.05, 4.69) is 10.5 Å². The van der Waals surface area contributed by atoms with Crippen LogP contribution in [0.1, 0.15) is 27.2 Å². The van der Waals surface area contributed by atoms with E-state index in [0.717, 1.165) is 12.3 Å². The molecule has 1 heterocycles. The molecule has 1 aliphatic heterocycles. The first-order chi connectivity index (χ1) is 4.14. The zero-order valence-electron chi connectivity index (χ0n) is 6.06. The third-order valence-corrected chi connectivity index (χ3v) is 1.13. The van der Waals surface area contributed by atoms with Gasteiger partial charge in [0.25, 0.3) is 0 Å². The van der Waals surface area contributed by atoms with E-state index in [1.54, 1.807) is 0 Å². The van der Waals surface area contributed by atoms with Crippen LogP contribution in [-0.2, 0) is 4.84 Å². The van der Waals surface area contributed by atoms with E-state index in [9.17, 15) is 0 Å². The Labute approximate surface area is 55.1 Å². The Balaban J connectivity index is 2.61. The van der Waals surface area contributed by atoms with Gasteiger partial charge in [-0.3, -0.25) is 0 Å². The van der Waals surface area contributed by atoms with Gasteiger partial charge in [-0.1, -0.05) is 6.92 Å². The van der Waals surface area contributed by atoms with Crippen LogP contribution in [0.15, 0.2) is 4.99 Å². The fourth-order valence-electron chi connectivity index (χ4n) is 0.692. The molecule has 0 aliphatic carbocycles. The summed E-state index contributed by atoms with van der Waals surface area (Å²) in [4.78, 5) is 9.24. The van der Waals surface area contributed by atoms with Crippen molar-refractivity contribution in [1.82, 2.24) is 5.48 Å². The summed E-state index contributed by atoms with van der Waals surface area (Å²) in [5.74, 6) is 0.792. The highest BCUT2D eigenvalue weighted by atomic mass is 16.7. The van der Waals surface area contributed by atoms with Crippen molar-refractivity contribution >= 4 is 5.90 Å². The van der Waals surface area contributed by atoms with Crippen LogP contribution >= 0.6 is 0 Å². The first kappa shape index (κ1) is 6.55. The van der Waals surface area contributed by atoms with Gasteiger partial charge in [0.15, 0.2) is 0 Å². The summed E-state index contributed by atoms with van der Waals surface area (Å²) >= 11 is 0. The first-order valence-corrected chi connectivity index (χ1v) is 3.17. The smallest absolute Gasteiger partial charge is 0.211 e. The summed E-state index contributed by atoms with van der Waals surface area (Å²) in [6.45, 7) is 5.95. The third kappa shape index (κ3) is 1.42. The van der Waals surface area contributed by atoms with E-state index >= 15 is 0 Å². The van der Waals surface area contributed by atoms with Crippen molar-refractivity contribution in [3.8, 4) is 0 Å². The van der Waals surface area contributed by atoms with E-state index in [1.165, 1.54) is 0 Å². The Morgan fingerprint density at radius 2 is 2.33 bits per heavy atom. The van der Waals surface area contributed by atoms with Crippen LogP contribution in [0.5, 0.6) is 0 Å². The maximum atomic E-state index is 5.02. The molecule has 0 aromatic rings. The summed E-state index contributed by atoms with van der Waals surface area (Å²) in [6.07, 6.45) is 0.858. The van der Waals surface area contributed by atoms with Crippen LogP contribution in [0.4, 0.5) is 0 Å². The highest BCUT2D eigenvalue weighted by Crippen LogP contribution is 2.11. The highest BCUT2D eigenvalue weighted by Gasteiger charge is 2.23. The first-order valence-electron chi connectivity index (χ1n) is 3.17. The number of nitrogens with one attached hydrogen (secondary N) is 1. The fourth-order valence-corrected chi connectivity index (χ4v) is 0.692. The maximum absolute atomic E-state index is 5.02. The summed E-state index contributed by atoms with van der Waals surface area (Å²) in [5.41, 5.74) is 2.58. The average Bonchev–Trinajstić information content (AvgIpc) is 2.10. The van der Waals surface area contributed by atoms with Crippen molar-refractivity contribution < 1.29 is 4.84 Å². The van der Waals surface area contributed by atoms with Crippen molar-refractivity contribution in [1.29, 1.82) is 0 Å². The summed E-state index contributed by atoms with van der Waals surface area (Å²) in [7, 11) is 0. The van der Waals surface area contributed by atoms with Gasteiger partial charge in [-0.25, -0.2) is 4.99 Å². The minimum Gasteiger partial charge on any atom is -0.391 e. The maximum Gasteiger partial charge on any atom is 0.211 e. The van der Waals surface area contributed by atoms with Crippen LogP contribution in [0.25, 0.3) is 0 Å². The molecule has 0 aromatic heterocycles. The molecular weight excluding hydrogens is 116 g/mol. The topological polar surface area (TPSA) is 33.6 Å². The van der Waals surface area contributed by atoms with Crippen LogP contribution in [0, 0.1) is 0 Å². The van der Waals surface area contributed by atoms with E-state index in [4.69, 9.17) is 4.84 Å². The minimum atomic E-state index is -0.217. The standard InChI is InChI=1S/C6H12N2O/c1-4-5-7-6(2,3)8-9-5/h8H,4H2,1-3H3. The van der Waals surface area contributed by atoms with Gasteiger partial charge in [0.05, 0.1) is 0 Å². The lowest BCUT2D eigenvalue weighted by atomic mass is 10.3. The molecule has 3 heteroatoms. The predicted octanol–water partition coefficient (Wildman–Crippen LogP) is 1.07. The van der Waals surface area contributed by atoms with E-state index in [1.807, 2.05) is 20.8 Å². The second kappa shape index (κ2) is 1.99. The molecule has 0 aromatic carbocycles. The lowest BCUT2D eigenvalue weighted by Gasteiger charge is -2.09. The van der Waals surface area contributed by atoms with Gasteiger partial charge in [0.2, 0.25) is 5.90 Å². The van der Waals surface area contributed by atoms with Crippen molar-refractivity contribution in [2.75, 3.05) is 0 Å². The molecule has 0 amide bonds. The molecule has 0 bridgehead atoms. The Bertz CT molecular complexity index is 140. The predicted molar refractivity (Wildman–Crippen MR) is 36.0 cm³/mol. The number of hydrogen-bond donors (Lipinski definition) is 1. The highest BCUT2D eigenvalue weighted by molar-refractivity contribution is 5.77. The van der Waals surface area contributed by atoms with Crippen molar-refractivity contribution in [2.45, 2.75) is 32.9 Å². The number of aliphatic imine (C=N–C) groups is 1. The Morgan fingerprint density at radius 3 is 2.56 bits per heavy atom. The van der Waals surface area contributed by atoms with E-state index in [0.29, 0.717) is 0 Å². The molecule has 0 atom stereocenters. The minimum absolute atomic E-state index is 0.217. The normalized spacial score (nSPS) is 23.2. The molecule has 3 nitrogen and oxygen atoms in total. The van der Waals surface area contributed by atoms with Crippen LogP contribution in [0.3, 0.4) is 0 Å². The van der Waals surface area contributed by atoms with Crippen LogP contribution in [-0.4, -0.2) is 11.6 Å². The van der Waals surface area contributed by atoms with Crippen LogP contribution in [0.2, 0.25) is 0 Å². The van der Waals surface area contributed by atoms with E-state index in [-0.39, 0.29) is 5.66 Å². The zero-order chi connectivity index (χ0) is 6.91. The SMILES string of the molecule is CCC1=NC(C)(C)NO1. The lowest BCUT2D eigenvalue weighted by molar-refractivity contribution is 0.136. The van der Waals surface area contributed by atoms with Crippen molar-refractivity contribution in [3.05, 3.63) is 0 Å². The molecule has 0 saturated carbocycles. The van der Waals surface area contributed by atoms with Gasteiger partial charge in [-0.15, -0.1) is 5.48 Å². The lowest BCUT2D eigenvalue weighted by Crippen LogP contribution is -2.31. The largest absolute Gasteiger partial charge is 0.391 e.